The van der Waals surface area contributed by atoms with Crippen LogP contribution in [0.25, 0.3) is 0 Å². The molecule has 2 N–H and O–H groups in total. The molecule has 0 fully saturated rings. The van der Waals surface area contributed by atoms with Crippen molar-refractivity contribution >= 4 is 29.2 Å². The molecular weight excluding hydrogens is 452 g/mol. The van der Waals surface area contributed by atoms with Gasteiger partial charge in [-0.3, -0.25) is 9.59 Å². The first kappa shape index (κ1) is 25.1. The number of nitrogens with one attached hydrogen (secondary N) is 2. The standard InChI is InChI=1S/C26H26N2O7/c1-3-33-22-10-8-20(9-11-22)28-26(31)18-4-6-19(7-5-18)27-24(29)16-35-25(30)17-34-23-14-12-21(32-2)13-15-23/h4-15H,3,16-17H2,1-2H3,(H,27,29)(H,28,31). The van der Waals surface area contributed by atoms with E-state index in [4.69, 9.17) is 18.9 Å². The van der Waals surface area contributed by atoms with E-state index in [1.807, 2.05) is 6.92 Å². The molecule has 35 heavy (non-hydrogen) atoms. The zero-order valence-electron chi connectivity index (χ0n) is 19.4. The average molecular weight is 479 g/mol. The second-order valence-corrected chi connectivity index (χ2v) is 7.16. The van der Waals surface area contributed by atoms with Crippen molar-refractivity contribution in [3.05, 3.63) is 78.4 Å². The summed E-state index contributed by atoms with van der Waals surface area (Å²) in [5.74, 6) is 0.363. The molecule has 0 atom stereocenters. The highest BCUT2D eigenvalue weighted by atomic mass is 16.6. The third-order valence-corrected chi connectivity index (χ3v) is 4.63. The zero-order chi connectivity index (χ0) is 25.0. The third-order valence-electron chi connectivity index (χ3n) is 4.63. The highest BCUT2D eigenvalue weighted by Crippen LogP contribution is 2.18. The molecule has 0 bridgehead atoms. The number of carbonyl (C=O) groups is 3. The van der Waals surface area contributed by atoms with Gasteiger partial charge >= 0.3 is 5.97 Å². The van der Waals surface area contributed by atoms with Gasteiger partial charge in [-0.2, -0.15) is 0 Å². The maximum atomic E-state index is 12.4. The third kappa shape index (κ3) is 8.08. The van der Waals surface area contributed by atoms with Crippen LogP contribution in [0.1, 0.15) is 17.3 Å². The van der Waals surface area contributed by atoms with Crippen molar-refractivity contribution in [2.75, 3.05) is 37.6 Å². The van der Waals surface area contributed by atoms with Crippen molar-refractivity contribution in [2.24, 2.45) is 0 Å². The van der Waals surface area contributed by atoms with Gasteiger partial charge in [-0.1, -0.05) is 0 Å². The molecule has 9 nitrogen and oxygen atoms in total. The van der Waals surface area contributed by atoms with Crippen LogP contribution in [0.4, 0.5) is 11.4 Å². The molecule has 9 heteroatoms. The van der Waals surface area contributed by atoms with E-state index in [1.165, 1.54) is 0 Å². The number of anilines is 2. The van der Waals surface area contributed by atoms with E-state index in [0.717, 1.165) is 5.75 Å². The van der Waals surface area contributed by atoms with Crippen LogP contribution >= 0.6 is 0 Å². The van der Waals surface area contributed by atoms with Crippen molar-refractivity contribution in [3.63, 3.8) is 0 Å². The molecule has 0 heterocycles. The van der Waals surface area contributed by atoms with Gasteiger partial charge in [0, 0.05) is 16.9 Å². The molecule has 3 aromatic rings. The normalized spacial score (nSPS) is 10.1. The van der Waals surface area contributed by atoms with Crippen molar-refractivity contribution in [1.29, 1.82) is 0 Å². The number of rotatable bonds is 11. The molecule has 3 rings (SSSR count). The van der Waals surface area contributed by atoms with Crippen LogP contribution in [0.3, 0.4) is 0 Å². The Morgan fingerprint density at radius 1 is 0.686 bits per heavy atom. The Morgan fingerprint density at radius 2 is 1.23 bits per heavy atom. The Bertz CT molecular complexity index is 1130. The van der Waals surface area contributed by atoms with Gasteiger partial charge < -0.3 is 29.6 Å². The highest BCUT2D eigenvalue weighted by molar-refractivity contribution is 6.04. The summed E-state index contributed by atoms with van der Waals surface area (Å²) < 4.78 is 20.7. The number of benzene rings is 3. The van der Waals surface area contributed by atoms with Gasteiger partial charge in [0.1, 0.15) is 17.2 Å². The lowest BCUT2D eigenvalue weighted by Gasteiger charge is -2.09. The maximum Gasteiger partial charge on any atom is 0.344 e. The first-order valence-electron chi connectivity index (χ1n) is 10.8. The van der Waals surface area contributed by atoms with Crippen molar-refractivity contribution in [1.82, 2.24) is 0 Å². The van der Waals surface area contributed by atoms with Gasteiger partial charge in [-0.15, -0.1) is 0 Å². The average Bonchev–Trinajstić information content (AvgIpc) is 2.88. The monoisotopic (exact) mass is 478 g/mol. The lowest BCUT2D eigenvalue weighted by Crippen LogP contribution is -2.23. The summed E-state index contributed by atoms with van der Waals surface area (Å²) in [5.41, 5.74) is 1.51. The summed E-state index contributed by atoms with van der Waals surface area (Å²) in [6.45, 7) is 1.66. The minimum absolute atomic E-state index is 0.294. The number of ether oxygens (including phenoxy) is 4. The fraction of sp³-hybridized carbons (Fsp3) is 0.192. The summed E-state index contributed by atoms with van der Waals surface area (Å²) in [7, 11) is 1.55. The smallest absolute Gasteiger partial charge is 0.344 e. The summed E-state index contributed by atoms with van der Waals surface area (Å²) in [6, 6.07) is 20.1. The van der Waals surface area contributed by atoms with E-state index in [-0.39, 0.29) is 12.5 Å². The Labute approximate surface area is 203 Å². The molecule has 0 saturated carbocycles. The summed E-state index contributed by atoms with van der Waals surface area (Å²) in [6.07, 6.45) is 0. The molecular formula is C26H26N2O7. The Hall–Kier alpha value is -4.53. The second-order valence-electron chi connectivity index (χ2n) is 7.16. The van der Waals surface area contributed by atoms with Gasteiger partial charge in [0.2, 0.25) is 0 Å². The molecule has 0 radical (unpaired) electrons. The number of esters is 1. The van der Waals surface area contributed by atoms with E-state index in [1.54, 1.807) is 79.9 Å². The fourth-order valence-corrected chi connectivity index (χ4v) is 2.91. The molecule has 0 aromatic heterocycles. The van der Waals surface area contributed by atoms with E-state index in [9.17, 15) is 14.4 Å². The minimum Gasteiger partial charge on any atom is -0.497 e. The predicted molar refractivity (Wildman–Crippen MR) is 130 cm³/mol. The van der Waals surface area contributed by atoms with Crippen molar-refractivity contribution in [2.45, 2.75) is 6.92 Å². The quantitative estimate of drug-likeness (QED) is 0.402. The first-order chi connectivity index (χ1) is 17.0. The topological polar surface area (TPSA) is 112 Å². The molecule has 3 aromatic carbocycles. The Kier molecular flexibility index (Phi) is 9.07. The highest BCUT2D eigenvalue weighted by Gasteiger charge is 2.11. The number of methoxy groups -OCH3 is 1. The maximum absolute atomic E-state index is 12.4. The fourth-order valence-electron chi connectivity index (χ4n) is 2.91. The van der Waals surface area contributed by atoms with Gasteiger partial charge in [0.05, 0.1) is 13.7 Å². The van der Waals surface area contributed by atoms with Crippen LogP contribution in [0, 0.1) is 0 Å². The molecule has 0 spiro atoms. The molecule has 182 valence electrons. The number of carbonyl (C=O) groups excluding carboxylic acids is 3. The summed E-state index contributed by atoms with van der Waals surface area (Å²) in [5, 5.41) is 5.39. The minimum atomic E-state index is -0.683. The van der Waals surface area contributed by atoms with Gasteiger partial charge in [0.25, 0.3) is 11.8 Å². The molecule has 0 unspecified atom stereocenters. The first-order valence-corrected chi connectivity index (χ1v) is 10.8. The van der Waals surface area contributed by atoms with Gasteiger partial charge in [-0.05, 0) is 79.7 Å². The van der Waals surface area contributed by atoms with E-state index < -0.39 is 18.5 Å². The second kappa shape index (κ2) is 12.6. The summed E-state index contributed by atoms with van der Waals surface area (Å²) >= 11 is 0. The SMILES string of the molecule is CCOc1ccc(NC(=O)c2ccc(NC(=O)COC(=O)COc3ccc(OC)cc3)cc2)cc1. The lowest BCUT2D eigenvalue weighted by molar-refractivity contribution is -0.149. The lowest BCUT2D eigenvalue weighted by atomic mass is 10.2. The zero-order valence-corrected chi connectivity index (χ0v) is 19.4. The summed E-state index contributed by atoms with van der Waals surface area (Å²) in [4.78, 5) is 36.3. The van der Waals surface area contributed by atoms with Crippen molar-refractivity contribution in [3.8, 4) is 17.2 Å². The van der Waals surface area contributed by atoms with Crippen LogP contribution < -0.4 is 24.8 Å². The molecule has 0 aliphatic heterocycles. The van der Waals surface area contributed by atoms with Crippen LogP contribution in [0.15, 0.2) is 72.8 Å². The number of hydrogen-bond acceptors (Lipinski definition) is 7. The molecule has 2 amide bonds. The van der Waals surface area contributed by atoms with Gasteiger partial charge in [0.15, 0.2) is 13.2 Å². The van der Waals surface area contributed by atoms with Gasteiger partial charge in [-0.25, -0.2) is 4.79 Å². The van der Waals surface area contributed by atoms with Crippen LogP contribution in [-0.2, 0) is 14.3 Å². The van der Waals surface area contributed by atoms with Crippen LogP contribution in [0.2, 0.25) is 0 Å². The molecule has 0 saturated heterocycles. The molecule has 0 aliphatic carbocycles. The number of hydrogen-bond donors (Lipinski definition) is 2. The van der Waals surface area contributed by atoms with Crippen molar-refractivity contribution < 1.29 is 33.3 Å². The van der Waals surface area contributed by atoms with E-state index in [2.05, 4.69) is 10.6 Å². The van der Waals surface area contributed by atoms with E-state index >= 15 is 0 Å². The molecule has 0 aliphatic rings. The largest absolute Gasteiger partial charge is 0.497 e. The van der Waals surface area contributed by atoms with Crippen LogP contribution in [0.5, 0.6) is 17.2 Å². The van der Waals surface area contributed by atoms with E-state index in [0.29, 0.717) is 35.0 Å². The predicted octanol–water partition coefficient (Wildman–Crippen LogP) is 3.91. The Balaban J connectivity index is 1.40. The number of amides is 2. The van der Waals surface area contributed by atoms with Crippen LogP contribution in [-0.4, -0.2) is 44.7 Å². The Morgan fingerprint density at radius 3 is 1.86 bits per heavy atom.